The number of carbonyl (C=O) groups excluding carboxylic acids is 1. The van der Waals surface area contributed by atoms with E-state index in [-0.39, 0.29) is 24.0 Å². The summed E-state index contributed by atoms with van der Waals surface area (Å²) >= 11 is 0. The molecule has 0 radical (unpaired) electrons. The lowest BCUT2D eigenvalue weighted by atomic mass is 10.1. The van der Waals surface area contributed by atoms with Gasteiger partial charge in [-0.2, -0.15) is 0 Å². The predicted molar refractivity (Wildman–Crippen MR) is 128 cm³/mol. The smallest absolute Gasteiger partial charge is 0.269 e. The van der Waals surface area contributed by atoms with Crippen LogP contribution in [0.3, 0.4) is 0 Å². The fourth-order valence-corrected chi connectivity index (χ4v) is 3.80. The molecule has 3 aromatic carbocycles. The number of nitrogens with zero attached hydrogens (tertiary/aromatic N) is 3. The van der Waals surface area contributed by atoms with Crippen molar-refractivity contribution in [2.75, 3.05) is 43.0 Å². The van der Waals surface area contributed by atoms with Crippen molar-refractivity contribution < 1.29 is 18.8 Å². The monoisotopic (exact) mass is 464 g/mol. The van der Waals surface area contributed by atoms with E-state index in [1.165, 1.54) is 30.3 Å². The van der Waals surface area contributed by atoms with Gasteiger partial charge in [0.2, 0.25) is 0 Å². The normalized spacial score (nSPS) is 14.0. The van der Waals surface area contributed by atoms with Crippen molar-refractivity contribution >= 4 is 23.0 Å². The molecule has 0 aliphatic carbocycles. The van der Waals surface area contributed by atoms with Gasteiger partial charge >= 0.3 is 0 Å². The van der Waals surface area contributed by atoms with Crippen molar-refractivity contribution in [3.8, 4) is 5.75 Å². The summed E-state index contributed by atoms with van der Waals surface area (Å²) in [5.74, 6) is -0.112. The number of piperazine rings is 1. The summed E-state index contributed by atoms with van der Waals surface area (Å²) in [6.07, 6.45) is 0. The quantitative estimate of drug-likeness (QED) is 0.399. The second-order valence-corrected chi connectivity index (χ2v) is 7.99. The maximum atomic E-state index is 13.9. The third-order valence-electron chi connectivity index (χ3n) is 5.66. The third-order valence-corrected chi connectivity index (χ3v) is 5.66. The van der Waals surface area contributed by atoms with Gasteiger partial charge in [-0.15, -0.1) is 0 Å². The van der Waals surface area contributed by atoms with Gasteiger partial charge < -0.3 is 15.0 Å². The SMILES string of the molecule is O=C(COc1ccc([N+](=O)[O-])cc1)Nc1ccc(N2CCN(Cc3ccccc3F)CC2)cc1. The van der Waals surface area contributed by atoms with Gasteiger partial charge in [0.05, 0.1) is 4.92 Å². The number of nitro benzene ring substituents is 1. The molecule has 1 saturated heterocycles. The van der Waals surface area contributed by atoms with Crippen LogP contribution in [0.1, 0.15) is 5.56 Å². The maximum absolute atomic E-state index is 13.9. The number of nitro groups is 1. The molecule has 0 aromatic heterocycles. The van der Waals surface area contributed by atoms with Crippen LogP contribution in [0.5, 0.6) is 5.75 Å². The molecular weight excluding hydrogens is 439 g/mol. The van der Waals surface area contributed by atoms with E-state index >= 15 is 0 Å². The van der Waals surface area contributed by atoms with Gasteiger partial charge in [0, 0.05) is 61.8 Å². The van der Waals surface area contributed by atoms with E-state index in [4.69, 9.17) is 4.74 Å². The van der Waals surface area contributed by atoms with Crippen LogP contribution >= 0.6 is 0 Å². The number of halogens is 1. The first kappa shape index (κ1) is 23.2. The molecule has 1 N–H and O–H groups in total. The van der Waals surface area contributed by atoms with Crippen molar-refractivity contribution in [1.82, 2.24) is 4.90 Å². The summed E-state index contributed by atoms with van der Waals surface area (Å²) in [6.45, 7) is 3.75. The van der Waals surface area contributed by atoms with Crippen LogP contribution in [-0.4, -0.2) is 48.5 Å². The fraction of sp³-hybridized carbons (Fsp3) is 0.240. The molecule has 176 valence electrons. The summed E-state index contributed by atoms with van der Waals surface area (Å²) < 4.78 is 19.3. The van der Waals surface area contributed by atoms with Crippen LogP contribution < -0.4 is 15.0 Å². The molecule has 1 aliphatic rings. The second-order valence-electron chi connectivity index (χ2n) is 7.99. The lowest BCUT2D eigenvalue weighted by Crippen LogP contribution is -2.46. The Morgan fingerprint density at radius 2 is 1.65 bits per heavy atom. The lowest BCUT2D eigenvalue weighted by Gasteiger charge is -2.36. The average molecular weight is 464 g/mol. The first-order valence-corrected chi connectivity index (χ1v) is 11.0. The molecule has 0 spiro atoms. The van der Waals surface area contributed by atoms with Crippen molar-refractivity contribution in [2.24, 2.45) is 0 Å². The topological polar surface area (TPSA) is 87.9 Å². The van der Waals surface area contributed by atoms with Crippen LogP contribution in [0, 0.1) is 15.9 Å². The number of non-ortho nitro benzene ring substituents is 1. The largest absolute Gasteiger partial charge is 0.484 e. The molecule has 1 aliphatic heterocycles. The van der Waals surface area contributed by atoms with E-state index < -0.39 is 4.92 Å². The first-order chi connectivity index (χ1) is 16.5. The zero-order chi connectivity index (χ0) is 23.9. The maximum Gasteiger partial charge on any atom is 0.269 e. The average Bonchev–Trinajstić information content (AvgIpc) is 2.85. The number of benzene rings is 3. The highest BCUT2D eigenvalue weighted by Gasteiger charge is 2.18. The van der Waals surface area contributed by atoms with Crippen molar-refractivity contribution in [2.45, 2.75) is 6.54 Å². The van der Waals surface area contributed by atoms with E-state index in [1.54, 1.807) is 6.07 Å². The summed E-state index contributed by atoms with van der Waals surface area (Å²) in [5.41, 5.74) is 2.39. The summed E-state index contributed by atoms with van der Waals surface area (Å²) in [7, 11) is 0. The molecule has 3 aromatic rings. The van der Waals surface area contributed by atoms with Gasteiger partial charge in [-0.05, 0) is 42.5 Å². The number of nitrogens with one attached hydrogen (secondary N) is 1. The molecule has 0 atom stereocenters. The standard InChI is InChI=1S/C25H25FN4O4/c26-24-4-2-1-3-19(24)17-28-13-15-29(16-14-28)21-7-5-20(6-8-21)27-25(31)18-34-23-11-9-22(10-12-23)30(32)33/h1-12H,13-18H2,(H,27,31). The fourth-order valence-electron chi connectivity index (χ4n) is 3.80. The Bertz CT molecular complexity index is 1130. The minimum absolute atomic E-state index is 0.0385. The highest BCUT2D eigenvalue weighted by molar-refractivity contribution is 5.92. The van der Waals surface area contributed by atoms with Gasteiger partial charge in [-0.25, -0.2) is 4.39 Å². The molecule has 9 heteroatoms. The molecule has 34 heavy (non-hydrogen) atoms. The number of hydrogen-bond donors (Lipinski definition) is 1. The van der Waals surface area contributed by atoms with Crippen molar-refractivity contribution in [3.63, 3.8) is 0 Å². The van der Waals surface area contributed by atoms with Gasteiger partial charge in [-0.1, -0.05) is 18.2 Å². The Morgan fingerprint density at radius 3 is 2.29 bits per heavy atom. The van der Waals surface area contributed by atoms with Crippen molar-refractivity contribution in [1.29, 1.82) is 0 Å². The minimum Gasteiger partial charge on any atom is -0.484 e. The van der Waals surface area contributed by atoms with Crippen molar-refractivity contribution in [3.05, 3.63) is 94.3 Å². The molecule has 1 heterocycles. The minimum atomic E-state index is -0.494. The number of hydrogen-bond acceptors (Lipinski definition) is 6. The number of anilines is 2. The molecule has 4 rings (SSSR count). The zero-order valence-corrected chi connectivity index (χ0v) is 18.5. The van der Waals surface area contributed by atoms with E-state index in [0.29, 0.717) is 23.5 Å². The Hall–Kier alpha value is -3.98. The molecule has 1 amide bonds. The van der Waals surface area contributed by atoms with Crippen LogP contribution in [0.25, 0.3) is 0 Å². The third kappa shape index (κ3) is 6.08. The van der Waals surface area contributed by atoms with Gasteiger partial charge in [0.25, 0.3) is 11.6 Å². The highest BCUT2D eigenvalue weighted by atomic mass is 19.1. The zero-order valence-electron chi connectivity index (χ0n) is 18.5. The van der Waals surface area contributed by atoms with Crippen LogP contribution in [0.15, 0.2) is 72.8 Å². The van der Waals surface area contributed by atoms with Crippen LogP contribution in [0.2, 0.25) is 0 Å². The van der Waals surface area contributed by atoms with E-state index in [0.717, 1.165) is 31.9 Å². The first-order valence-electron chi connectivity index (χ1n) is 11.0. The molecule has 0 saturated carbocycles. The van der Waals surface area contributed by atoms with E-state index in [9.17, 15) is 19.3 Å². The van der Waals surface area contributed by atoms with Gasteiger partial charge in [-0.3, -0.25) is 19.8 Å². The molecular formula is C25H25FN4O4. The molecule has 0 unspecified atom stereocenters. The predicted octanol–water partition coefficient (Wildman–Crippen LogP) is 4.07. The summed E-state index contributed by atoms with van der Waals surface area (Å²) in [6, 6.07) is 20.0. The van der Waals surface area contributed by atoms with Gasteiger partial charge in [0.1, 0.15) is 11.6 Å². The number of amides is 1. The molecule has 8 nitrogen and oxygen atoms in total. The Labute approximate surface area is 196 Å². The van der Waals surface area contributed by atoms with Gasteiger partial charge in [0.15, 0.2) is 6.61 Å². The summed E-state index contributed by atoms with van der Waals surface area (Å²) in [4.78, 5) is 26.9. The summed E-state index contributed by atoms with van der Waals surface area (Å²) in [5, 5.41) is 13.5. The number of rotatable bonds is 8. The molecule has 0 bridgehead atoms. The highest BCUT2D eigenvalue weighted by Crippen LogP contribution is 2.21. The van der Waals surface area contributed by atoms with E-state index in [2.05, 4.69) is 15.1 Å². The number of ether oxygens (including phenoxy) is 1. The molecule has 1 fully saturated rings. The Kier molecular flexibility index (Phi) is 7.34. The van der Waals surface area contributed by atoms with E-state index in [1.807, 2.05) is 36.4 Å². The Balaban J connectivity index is 1.22. The van der Waals surface area contributed by atoms with Crippen LogP contribution in [0.4, 0.5) is 21.5 Å². The van der Waals surface area contributed by atoms with Crippen LogP contribution in [-0.2, 0) is 11.3 Å². The Morgan fingerprint density at radius 1 is 0.971 bits per heavy atom. The lowest BCUT2D eigenvalue weighted by molar-refractivity contribution is -0.384. The second kappa shape index (κ2) is 10.8. The number of carbonyl (C=O) groups is 1.